The molecule has 0 aliphatic carbocycles. The van der Waals surface area contributed by atoms with Crippen molar-refractivity contribution in [2.75, 3.05) is 6.61 Å². The summed E-state index contributed by atoms with van der Waals surface area (Å²) in [5.74, 6) is 0. The normalized spacial score (nSPS) is 12.8. The molecule has 0 saturated heterocycles. The topological polar surface area (TPSA) is 20.2 Å². The van der Waals surface area contributed by atoms with Gasteiger partial charge in [0.05, 0.1) is 6.61 Å². The second-order valence-corrected chi connectivity index (χ2v) is 6.90. The average Bonchev–Trinajstić information content (AvgIpc) is 2.40. The zero-order valence-corrected chi connectivity index (χ0v) is 14.7. The summed E-state index contributed by atoms with van der Waals surface area (Å²) in [6.45, 7) is 15.2. The lowest BCUT2D eigenvalue weighted by Gasteiger charge is -2.20. The molecule has 0 aromatic rings. The van der Waals surface area contributed by atoms with Crippen molar-refractivity contribution in [3.05, 3.63) is 47.6 Å². The van der Waals surface area contributed by atoms with Gasteiger partial charge in [0, 0.05) is 0 Å². The van der Waals surface area contributed by atoms with E-state index in [-0.39, 0.29) is 12.0 Å². The van der Waals surface area contributed by atoms with Crippen LogP contribution in [-0.2, 0) is 0 Å². The van der Waals surface area contributed by atoms with Crippen LogP contribution in [0.1, 0.15) is 66.7 Å². The maximum Gasteiger partial charge on any atom is 0.0612 e. The lowest BCUT2D eigenvalue weighted by Crippen LogP contribution is -2.07. The first-order chi connectivity index (χ1) is 9.76. The molecule has 0 unspecified atom stereocenters. The van der Waals surface area contributed by atoms with Crippen LogP contribution < -0.4 is 0 Å². The van der Waals surface area contributed by atoms with Crippen LogP contribution in [0.5, 0.6) is 0 Å². The van der Waals surface area contributed by atoms with Gasteiger partial charge in [-0.2, -0.15) is 0 Å². The summed E-state index contributed by atoms with van der Waals surface area (Å²) in [5.41, 5.74) is 4.27. The maximum absolute atomic E-state index is 8.84. The molecule has 0 rings (SSSR count). The number of aliphatic hydroxyl groups excluding tert-OH is 1. The fraction of sp³-hybridized carbons (Fsp3) is 0.600. The Hall–Kier alpha value is -1.08. The van der Waals surface area contributed by atoms with Gasteiger partial charge in [-0.15, -0.1) is 0 Å². The molecular weight excluding hydrogens is 256 g/mol. The quantitative estimate of drug-likeness (QED) is 0.491. The largest absolute Gasteiger partial charge is 0.392 e. The van der Waals surface area contributed by atoms with Gasteiger partial charge in [0.15, 0.2) is 0 Å². The van der Waals surface area contributed by atoms with Crippen LogP contribution in [0.15, 0.2) is 47.6 Å². The van der Waals surface area contributed by atoms with Crippen molar-refractivity contribution in [3.63, 3.8) is 0 Å². The summed E-state index contributed by atoms with van der Waals surface area (Å²) in [6.07, 6.45) is 13.9. The van der Waals surface area contributed by atoms with E-state index in [1.807, 2.05) is 6.08 Å². The highest BCUT2D eigenvalue weighted by atomic mass is 16.2. The number of allylic oxidation sites excluding steroid dienone is 6. The Balaban J connectivity index is 4.09. The molecule has 0 aliphatic heterocycles. The summed E-state index contributed by atoms with van der Waals surface area (Å²) < 4.78 is 0. The molecule has 1 heteroatoms. The zero-order chi connectivity index (χ0) is 16.3. The molecule has 0 saturated carbocycles. The second-order valence-electron chi connectivity index (χ2n) is 6.90. The highest BCUT2D eigenvalue weighted by molar-refractivity contribution is 5.09. The Morgan fingerprint density at radius 1 is 1.10 bits per heavy atom. The Labute approximate surface area is 132 Å². The van der Waals surface area contributed by atoms with Gasteiger partial charge < -0.3 is 5.11 Å². The van der Waals surface area contributed by atoms with Crippen LogP contribution in [0.25, 0.3) is 0 Å². The van der Waals surface area contributed by atoms with Gasteiger partial charge in [0.25, 0.3) is 0 Å². The molecule has 0 amide bonds. The fourth-order valence-corrected chi connectivity index (χ4v) is 2.07. The van der Waals surface area contributed by atoms with Gasteiger partial charge in [-0.3, -0.25) is 0 Å². The Bertz CT molecular complexity index is 390. The van der Waals surface area contributed by atoms with Crippen LogP contribution in [0.4, 0.5) is 0 Å². The van der Waals surface area contributed by atoms with E-state index in [0.717, 1.165) is 32.1 Å². The first-order valence-corrected chi connectivity index (χ1v) is 8.01. The van der Waals surface area contributed by atoms with Crippen LogP contribution in [0.2, 0.25) is 0 Å². The molecule has 0 fully saturated rings. The number of rotatable bonds is 10. The van der Waals surface area contributed by atoms with Crippen molar-refractivity contribution in [1.29, 1.82) is 0 Å². The molecule has 0 atom stereocenters. The minimum absolute atomic E-state index is 0.123. The van der Waals surface area contributed by atoms with E-state index >= 15 is 0 Å². The highest BCUT2D eigenvalue weighted by Crippen LogP contribution is 2.27. The summed E-state index contributed by atoms with van der Waals surface area (Å²) in [4.78, 5) is 0. The van der Waals surface area contributed by atoms with Crippen molar-refractivity contribution in [3.8, 4) is 0 Å². The summed E-state index contributed by atoms with van der Waals surface area (Å²) in [7, 11) is 0. The molecule has 0 heterocycles. The maximum atomic E-state index is 8.84. The summed E-state index contributed by atoms with van der Waals surface area (Å²) >= 11 is 0. The standard InChI is InChI=1S/C20H34O/c1-17(2)9-7-10-18(3)11-12-19(4)13-15-20(5,6)14-8-16-21/h8-9,11,14,21H,4,7,10,12-13,15-16H2,1-3,5-6H3. The van der Waals surface area contributed by atoms with Crippen molar-refractivity contribution < 1.29 is 5.11 Å². The molecule has 21 heavy (non-hydrogen) atoms. The van der Waals surface area contributed by atoms with Gasteiger partial charge in [0.2, 0.25) is 0 Å². The van der Waals surface area contributed by atoms with Gasteiger partial charge >= 0.3 is 0 Å². The number of aliphatic hydroxyl groups is 1. The highest BCUT2D eigenvalue weighted by Gasteiger charge is 2.13. The van der Waals surface area contributed by atoms with E-state index in [4.69, 9.17) is 5.11 Å². The first-order valence-electron chi connectivity index (χ1n) is 8.01. The zero-order valence-electron chi connectivity index (χ0n) is 14.7. The monoisotopic (exact) mass is 290 g/mol. The molecule has 0 aromatic carbocycles. The minimum atomic E-state index is 0.123. The molecule has 0 radical (unpaired) electrons. The van der Waals surface area contributed by atoms with Crippen LogP contribution in [0.3, 0.4) is 0 Å². The lowest BCUT2D eigenvalue weighted by atomic mass is 9.85. The SMILES string of the molecule is C=C(CC=C(C)CCC=C(C)C)CCC(C)(C)C=CCO. The molecular formula is C20H34O. The van der Waals surface area contributed by atoms with Crippen LogP contribution >= 0.6 is 0 Å². The van der Waals surface area contributed by atoms with E-state index < -0.39 is 0 Å². The molecule has 0 bridgehead atoms. The molecule has 1 N–H and O–H groups in total. The van der Waals surface area contributed by atoms with Crippen LogP contribution in [0, 0.1) is 5.41 Å². The van der Waals surface area contributed by atoms with Gasteiger partial charge in [0.1, 0.15) is 0 Å². The molecule has 0 aromatic heterocycles. The Morgan fingerprint density at radius 3 is 2.33 bits per heavy atom. The Kier molecular flexibility index (Phi) is 10.1. The van der Waals surface area contributed by atoms with Gasteiger partial charge in [-0.05, 0) is 58.3 Å². The third kappa shape index (κ3) is 12.4. The fourth-order valence-electron chi connectivity index (χ4n) is 2.07. The van der Waals surface area contributed by atoms with Crippen molar-refractivity contribution in [2.45, 2.75) is 66.7 Å². The lowest BCUT2D eigenvalue weighted by molar-refractivity contribution is 0.338. The minimum Gasteiger partial charge on any atom is -0.392 e. The molecule has 1 nitrogen and oxygen atoms in total. The number of hydrogen-bond acceptors (Lipinski definition) is 1. The summed E-state index contributed by atoms with van der Waals surface area (Å²) in [6, 6.07) is 0. The van der Waals surface area contributed by atoms with E-state index in [0.29, 0.717) is 0 Å². The third-order valence-electron chi connectivity index (χ3n) is 3.63. The third-order valence-corrected chi connectivity index (χ3v) is 3.63. The first kappa shape index (κ1) is 19.9. The van der Waals surface area contributed by atoms with E-state index in [1.54, 1.807) is 0 Å². The molecule has 120 valence electrons. The van der Waals surface area contributed by atoms with Crippen LogP contribution in [-0.4, -0.2) is 11.7 Å². The van der Waals surface area contributed by atoms with Gasteiger partial charge in [-0.25, -0.2) is 0 Å². The van der Waals surface area contributed by atoms with E-state index in [1.165, 1.54) is 16.7 Å². The average molecular weight is 290 g/mol. The number of hydrogen-bond donors (Lipinski definition) is 1. The predicted molar refractivity (Wildman–Crippen MR) is 95.4 cm³/mol. The Morgan fingerprint density at radius 2 is 1.76 bits per heavy atom. The van der Waals surface area contributed by atoms with E-state index in [2.05, 4.69) is 59.4 Å². The van der Waals surface area contributed by atoms with E-state index in [9.17, 15) is 0 Å². The smallest absolute Gasteiger partial charge is 0.0612 e. The second kappa shape index (κ2) is 10.6. The van der Waals surface area contributed by atoms with Crippen molar-refractivity contribution in [2.24, 2.45) is 5.41 Å². The van der Waals surface area contributed by atoms with Gasteiger partial charge in [-0.1, -0.05) is 61.4 Å². The summed E-state index contributed by atoms with van der Waals surface area (Å²) in [5, 5.41) is 8.84. The molecule has 0 aliphatic rings. The van der Waals surface area contributed by atoms with Crippen molar-refractivity contribution in [1.82, 2.24) is 0 Å². The predicted octanol–water partition coefficient (Wildman–Crippen LogP) is 5.98. The molecule has 0 spiro atoms. The van der Waals surface area contributed by atoms with Crippen molar-refractivity contribution >= 4 is 0 Å².